The number of nitrogens with zero attached hydrogens (tertiary/aromatic N) is 1. The summed E-state index contributed by atoms with van der Waals surface area (Å²) >= 11 is 0. The van der Waals surface area contributed by atoms with Crippen LogP contribution in [0.15, 0.2) is 4.99 Å². The quantitative estimate of drug-likeness (QED) is 0.260. The van der Waals surface area contributed by atoms with Crippen LogP contribution in [0, 0.1) is 0 Å². The summed E-state index contributed by atoms with van der Waals surface area (Å²) in [5, 5.41) is 3.06. The fraction of sp³-hybridized carbons (Fsp3) is 0.857. The number of nitrogens with two attached hydrogens (primary N) is 1. The fourth-order valence-corrected chi connectivity index (χ4v) is 1.80. The molecule has 1 unspecified atom stereocenters. The Labute approximate surface area is 122 Å². The van der Waals surface area contributed by atoms with E-state index in [-0.39, 0.29) is 12.0 Å². The van der Waals surface area contributed by atoms with Gasteiger partial charge >= 0.3 is 5.97 Å². The van der Waals surface area contributed by atoms with Crippen LogP contribution < -0.4 is 11.1 Å². The number of carbonyl (C=O) groups is 1. The van der Waals surface area contributed by atoms with Crippen LogP contribution in [0.2, 0.25) is 0 Å². The Morgan fingerprint density at radius 3 is 2.50 bits per heavy atom. The van der Waals surface area contributed by atoms with E-state index >= 15 is 0 Å². The fourth-order valence-electron chi connectivity index (χ4n) is 1.80. The van der Waals surface area contributed by atoms with Gasteiger partial charge in [-0.3, -0.25) is 9.79 Å². The van der Waals surface area contributed by atoms with E-state index in [9.17, 15) is 4.79 Å². The highest BCUT2D eigenvalue weighted by molar-refractivity contribution is 5.78. The number of aliphatic imine (C=N–C) groups is 1. The molecule has 0 rings (SSSR count). The summed E-state index contributed by atoms with van der Waals surface area (Å²) < 4.78 is 9.59. The van der Waals surface area contributed by atoms with Crippen LogP contribution >= 0.6 is 0 Å². The van der Waals surface area contributed by atoms with Crippen molar-refractivity contribution in [3.63, 3.8) is 0 Å². The minimum absolute atomic E-state index is 0.126. The zero-order valence-electron chi connectivity index (χ0n) is 13.0. The lowest BCUT2D eigenvalue weighted by Crippen LogP contribution is -2.40. The van der Waals surface area contributed by atoms with Gasteiger partial charge in [0.1, 0.15) is 0 Å². The molecule has 1 atom stereocenters. The van der Waals surface area contributed by atoms with E-state index in [2.05, 4.69) is 15.0 Å². The highest BCUT2D eigenvalue weighted by atomic mass is 16.5. The van der Waals surface area contributed by atoms with Crippen molar-refractivity contribution < 1.29 is 14.3 Å². The summed E-state index contributed by atoms with van der Waals surface area (Å²) in [5.41, 5.74) is 5.75. The van der Waals surface area contributed by atoms with Crippen LogP contribution in [0.1, 0.15) is 45.4 Å². The Hall–Kier alpha value is -1.30. The van der Waals surface area contributed by atoms with Crippen molar-refractivity contribution in [1.82, 2.24) is 5.32 Å². The molecule has 0 aromatic carbocycles. The van der Waals surface area contributed by atoms with Gasteiger partial charge in [-0.15, -0.1) is 0 Å². The molecular formula is C14H29N3O3. The highest BCUT2D eigenvalue weighted by Crippen LogP contribution is 2.06. The largest absolute Gasteiger partial charge is 0.469 e. The smallest absolute Gasteiger partial charge is 0.305 e. The molecule has 0 saturated carbocycles. The molecule has 0 fully saturated rings. The molecular weight excluding hydrogens is 258 g/mol. The third-order valence-electron chi connectivity index (χ3n) is 2.86. The summed E-state index contributed by atoms with van der Waals surface area (Å²) in [6, 6.07) is 0.169. The Balaban J connectivity index is 3.44. The standard InChI is InChI=1S/C14H29N3O3/c1-12(11-19-2)17-14(15)16-10-8-6-4-5-7-9-13(18)20-3/h12H,4-11H2,1-3H3,(H3,15,16,17). The molecule has 0 heterocycles. The van der Waals surface area contributed by atoms with Gasteiger partial charge in [0.25, 0.3) is 0 Å². The summed E-state index contributed by atoms with van der Waals surface area (Å²) in [6.07, 6.45) is 5.69. The molecule has 20 heavy (non-hydrogen) atoms. The molecule has 0 aliphatic carbocycles. The zero-order chi connectivity index (χ0) is 15.2. The molecule has 0 bridgehead atoms. The van der Waals surface area contributed by atoms with Crippen molar-refractivity contribution in [2.45, 2.75) is 51.5 Å². The van der Waals surface area contributed by atoms with Gasteiger partial charge in [-0.2, -0.15) is 0 Å². The number of rotatable bonds is 11. The van der Waals surface area contributed by atoms with Crippen LogP contribution in [0.4, 0.5) is 0 Å². The van der Waals surface area contributed by atoms with E-state index in [1.807, 2.05) is 6.92 Å². The molecule has 0 spiro atoms. The average molecular weight is 287 g/mol. The van der Waals surface area contributed by atoms with Crippen molar-refractivity contribution in [2.24, 2.45) is 10.7 Å². The molecule has 3 N–H and O–H groups in total. The van der Waals surface area contributed by atoms with E-state index < -0.39 is 0 Å². The number of esters is 1. The molecule has 0 aromatic heterocycles. The van der Waals surface area contributed by atoms with Crippen LogP contribution in [-0.2, 0) is 14.3 Å². The van der Waals surface area contributed by atoms with Crippen molar-refractivity contribution in [1.29, 1.82) is 0 Å². The lowest BCUT2D eigenvalue weighted by atomic mass is 10.1. The maximum Gasteiger partial charge on any atom is 0.305 e. The van der Waals surface area contributed by atoms with Crippen LogP contribution in [0.25, 0.3) is 0 Å². The first-order valence-electron chi connectivity index (χ1n) is 7.22. The molecule has 0 radical (unpaired) electrons. The molecule has 6 nitrogen and oxygen atoms in total. The Morgan fingerprint density at radius 2 is 1.85 bits per heavy atom. The number of hydrogen-bond acceptors (Lipinski definition) is 4. The van der Waals surface area contributed by atoms with Gasteiger partial charge in [0, 0.05) is 26.1 Å². The number of unbranched alkanes of at least 4 members (excludes halogenated alkanes) is 4. The van der Waals surface area contributed by atoms with Crippen LogP contribution in [0.5, 0.6) is 0 Å². The maximum absolute atomic E-state index is 10.9. The number of methoxy groups -OCH3 is 2. The average Bonchev–Trinajstić information content (AvgIpc) is 2.41. The van der Waals surface area contributed by atoms with E-state index in [0.717, 1.165) is 38.6 Å². The van der Waals surface area contributed by atoms with Crippen molar-refractivity contribution in [3.8, 4) is 0 Å². The normalized spacial score (nSPS) is 13.1. The Kier molecular flexibility index (Phi) is 11.9. The SMILES string of the molecule is COCC(C)NC(N)=NCCCCCCCC(=O)OC. The van der Waals surface area contributed by atoms with Crippen LogP contribution in [-0.4, -0.2) is 45.3 Å². The van der Waals surface area contributed by atoms with E-state index in [4.69, 9.17) is 10.5 Å². The van der Waals surface area contributed by atoms with Crippen molar-refractivity contribution in [3.05, 3.63) is 0 Å². The second-order valence-electron chi connectivity index (χ2n) is 4.86. The minimum Gasteiger partial charge on any atom is -0.469 e. The van der Waals surface area contributed by atoms with Gasteiger partial charge in [-0.1, -0.05) is 19.3 Å². The maximum atomic E-state index is 10.9. The number of carbonyl (C=O) groups excluding carboxylic acids is 1. The minimum atomic E-state index is -0.126. The number of nitrogens with one attached hydrogen (secondary N) is 1. The third kappa shape index (κ3) is 11.8. The lowest BCUT2D eigenvalue weighted by Gasteiger charge is -2.12. The highest BCUT2D eigenvalue weighted by Gasteiger charge is 2.01. The summed E-state index contributed by atoms with van der Waals surface area (Å²) in [4.78, 5) is 15.1. The third-order valence-corrected chi connectivity index (χ3v) is 2.86. The second kappa shape index (κ2) is 12.7. The molecule has 6 heteroatoms. The van der Waals surface area contributed by atoms with Gasteiger partial charge in [0.15, 0.2) is 5.96 Å². The van der Waals surface area contributed by atoms with Gasteiger partial charge in [0.05, 0.1) is 13.7 Å². The summed E-state index contributed by atoms with van der Waals surface area (Å²) in [7, 11) is 3.08. The molecule has 0 amide bonds. The molecule has 118 valence electrons. The summed E-state index contributed by atoms with van der Waals surface area (Å²) in [6.45, 7) is 3.33. The van der Waals surface area contributed by atoms with Gasteiger partial charge in [0.2, 0.25) is 0 Å². The number of hydrogen-bond donors (Lipinski definition) is 2. The second-order valence-corrected chi connectivity index (χ2v) is 4.86. The first kappa shape index (κ1) is 18.7. The lowest BCUT2D eigenvalue weighted by molar-refractivity contribution is -0.140. The molecule has 0 saturated heterocycles. The topological polar surface area (TPSA) is 85.9 Å². The zero-order valence-corrected chi connectivity index (χ0v) is 13.0. The number of ether oxygens (including phenoxy) is 2. The first-order valence-corrected chi connectivity index (χ1v) is 7.22. The van der Waals surface area contributed by atoms with Gasteiger partial charge < -0.3 is 20.5 Å². The first-order chi connectivity index (χ1) is 9.60. The van der Waals surface area contributed by atoms with Gasteiger partial charge in [-0.25, -0.2) is 0 Å². The van der Waals surface area contributed by atoms with E-state index in [1.165, 1.54) is 7.11 Å². The Bertz CT molecular complexity index is 283. The molecule has 0 aliphatic rings. The monoisotopic (exact) mass is 287 g/mol. The van der Waals surface area contributed by atoms with E-state index in [1.54, 1.807) is 7.11 Å². The van der Waals surface area contributed by atoms with Gasteiger partial charge in [-0.05, 0) is 19.8 Å². The Morgan fingerprint density at radius 1 is 1.20 bits per heavy atom. The number of guanidine groups is 1. The summed E-state index contributed by atoms with van der Waals surface area (Å²) in [5.74, 6) is 0.346. The van der Waals surface area contributed by atoms with Crippen molar-refractivity contribution in [2.75, 3.05) is 27.4 Å². The predicted octanol–water partition coefficient (Wildman–Crippen LogP) is 1.44. The van der Waals surface area contributed by atoms with Crippen molar-refractivity contribution >= 4 is 11.9 Å². The molecule has 0 aliphatic heterocycles. The van der Waals surface area contributed by atoms with Crippen LogP contribution in [0.3, 0.4) is 0 Å². The molecule has 0 aromatic rings. The predicted molar refractivity (Wildman–Crippen MR) is 80.7 cm³/mol. The van der Waals surface area contributed by atoms with E-state index in [0.29, 0.717) is 19.0 Å².